The van der Waals surface area contributed by atoms with Crippen molar-refractivity contribution in [3.8, 4) is 0 Å². The lowest BCUT2D eigenvalue weighted by molar-refractivity contribution is -0.303. The van der Waals surface area contributed by atoms with E-state index in [2.05, 4.69) is 43.5 Å². The standard InChI is InChI=1S/C38H71NO10/c1-3-5-7-9-11-13-15-16-18-19-21-23-25-30(41)33(43)29(28-48-38-36(46)35(45)34(44)32(27-40)49-38)39-37(47)31(42)26-24-22-20-17-14-12-10-8-6-4-2/h10,12,18-19,29-36,38,40-46H,3-9,11,13-17,20-28H2,1-2H3,(H,39,47)/b12-10-,19-18+. The third-order valence-corrected chi connectivity index (χ3v) is 9.23. The lowest BCUT2D eigenvalue weighted by Gasteiger charge is -2.40. The summed E-state index contributed by atoms with van der Waals surface area (Å²) in [4.78, 5) is 12.9. The van der Waals surface area contributed by atoms with Crippen LogP contribution in [-0.2, 0) is 14.3 Å². The second kappa shape index (κ2) is 29.2. The van der Waals surface area contributed by atoms with E-state index in [1.54, 1.807) is 0 Å². The molecular weight excluding hydrogens is 630 g/mol. The van der Waals surface area contributed by atoms with Gasteiger partial charge in [0.1, 0.15) is 36.6 Å². The second-order valence-corrected chi connectivity index (χ2v) is 13.6. The van der Waals surface area contributed by atoms with Crippen LogP contribution in [0.4, 0.5) is 0 Å². The highest BCUT2D eigenvalue weighted by Crippen LogP contribution is 2.23. The van der Waals surface area contributed by atoms with Gasteiger partial charge in [0.2, 0.25) is 5.91 Å². The van der Waals surface area contributed by atoms with Gasteiger partial charge in [-0.25, -0.2) is 0 Å². The zero-order valence-electron chi connectivity index (χ0n) is 30.4. The van der Waals surface area contributed by atoms with Crippen molar-refractivity contribution in [1.29, 1.82) is 0 Å². The lowest BCUT2D eigenvalue weighted by Crippen LogP contribution is -2.60. The molecule has 0 radical (unpaired) electrons. The fourth-order valence-electron chi connectivity index (χ4n) is 5.89. The van der Waals surface area contributed by atoms with E-state index in [4.69, 9.17) is 9.47 Å². The molecule has 11 heteroatoms. The summed E-state index contributed by atoms with van der Waals surface area (Å²) in [5.41, 5.74) is 0. The van der Waals surface area contributed by atoms with E-state index in [0.29, 0.717) is 12.8 Å². The number of amides is 1. The molecule has 9 atom stereocenters. The summed E-state index contributed by atoms with van der Waals surface area (Å²) in [5.74, 6) is -0.721. The van der Waals surface area contributed by atoms with E-state index in [0.717, 1.165) is 51.4 Å². The summed E-state index contributed by atoms with van der Waals surface area (Å²) >= 11 is 0. The predicted octanol–water partition coefficient (Wildman–Crippen LogP) is 4.32. The number of ether oxygens (including phenoxy) is 2. The third-order valence-electron chi connectivity index (χ3n) is 9.23. The molecule has 0 aromatic carbocycles. The first-order valence-electron chi connectivity index (χ1n) is 19.2. The summed E-state index contributed by atoms with van der Waals surface area (Å²) in [6.07, 6.45) is 16.8. The van der Waals surface area contributed by atoms with Gasteiger partial charge in [-0.1, -0.05) is 109 Å². The van der Waals surface area contributed by atoms with Crippen molar-refractivity contribution in [2.24, 2.45) is 0 Å². The number of rotatable bonds is 30. The fourth-order valence-corrected chi connectivity index (χ4v) is 5.89. The number of hydrogen-bond donors (Lipinski definition) is 8. The first-order chi connectivity index (χ1) is 23.7. The molecule has 0 aliphatic carbocycles. The van der Waals surface area contributed by atoms with Crippen LogP contribution in [0.1, 0.15) is 142 Å². The molecule has 1 aliphatic rings. The Morgan fingerprint density at radius 1 is 0.694 bits per heavy atom. The van der Waals surface area contributed by atoms with Gasteiger partial charge in [-0.2, -0.15) is 0 Å². The monoisotopic (exact) mass is 702 g/mol. The highest BCUT2D eigenvalue weighted by molar-refractivity contribution is 5.80. The molecule has 1 aliphatic heterocycles. The normalized spacial score (nSPS) is 24.0. The lowest BCUT2D eigenvalue weighted by atomic mass is 9.98. The number of carbonyl (C=O) groups is 1. The molecule has 1 heterocycles. The van der Waals surface area contributed by atoms with Crippen molar-refractivity contribution in [3.05, 3.63) is 24.3 Å². The molecule has 0 spiro atoms. The molecule has 11 nitrogen and oxygen atoms in total. The molecule has 1 rings (SSSR count). The van der Waals surface area contributed by atoms with Gasteiger partial charge in [-0.15, -0.1) is 0 Å². The summed E-state index contributed by atoms with van der Waals surface area (Å²) in [6, 6.07) is -1.18. The second-order valence-electron chi connectivity index (χ2n) is 13.6. The Balaban J connectivity index is 2.62. The van der Waals surface area contributed by atoms with Gasteiger partial charge in [-0.05, 0) is 57.8 Å². The van der Waals surface area contributed by atoms with Gasteiger partial charge in [0.15, 0.2) is 6.29 Å². The Labute approximate surface area is 295 Å². The third kappa shape index (κ3) is 20.3. The maximum Gasteiger partial charge on any atom is 0.249 e. The van der Waals surface area contributed by atoms with Gasteiger partial charge in [-0.3, -0.25) is 4.79 Å². The van der Waals surface area contributed by atoms with Crippen LogP contribution in [-0.4, -0.2) is 110 Å². The van der Waals surface area contributed by atoms with Crippen molar-refractivity contribution in [2.75, 3.05) is 13.2 Å². The number of aliphatic hydroxyl groups excluding tert-OH is 7. The summed E-state index contributed by atoms with van der Waals surface area (Å²) in [7, 11) is 0. The van der Waals surface area contributed by atoms with Gasteiger partial charge in [0, 0.05) is 0 Å². The molecule has 0 aromatic rings. The largest absolute Gasteiger partial charge is 0.394 e. The molecule has 0 bridgehead atoms. The maximum atomic E-state index is 12.9. The Bertz CT molecular complexity index is 856. The van der Waals surface area contributed by atoms with Gasteiger partial charge >= 0.3 is 0 Å². The minimum atomic E-state index is -1.67. The quantitative estimate of drug-likeness (QED) is 0.0396. The SMILES string of the molecule is CCCC/C=C\CCCCCCC(O)C(=O)NC(COC1OC(CO)C(O)C(O)C1O)C(O)C(O)CCC/C=C/CCCCCCCCC. The number of allylic oxidation sites excluding steroid dienone is 4. The van der Waals surface area contributed by atoms with Crippen molar-refractivity contribution >= 4 is 5.91 Å². The van der Waals surface area contributed by atoms with Crippen molar-refractivity contribution < 1.29 is 50.0 Å². The first-order valence-corrected chi connectivity index (χ1v) is 19.2. The van der Waals surface area contributed by atoms with E-state index in [1.807, 2.05) is 0 Å². The van der Waals surface area contributed by atoms with E-state index in [1.165, 1.54) is 51.4 Å². The first kappa shape index (κ1) is 45.6. The predicted molar refractivity (Wildman–Crippen MR) is 192 cm³/mol. The van der Waals surface area contributed by atoms with E-state index in [9.17, 15) is 40.5 Å². The number of aliphatic hydroxyl groups is 7. The number of unbranched alkanes of at least 4 members (excludes halogenated alkanes) is 14. The smallest absolute Gasteiger partial charge is 0.249 e. The van der Waals surface area contributed by atoms with Crippen LogP contribution >= 0.6 is 0 Å². The number of carbonyl (C=O) groups excluding carboxylic acids is 1. The molecule has 0 saturated carbocycles. The van der Waals surface area contributed by atoms with Crippen LogP contribution in [0.15, 0.2) is 24.3 Å². The highest BCUT2D eigenvalue weighted by atomic mass is 16.7. The van der Waals surface area contributed by atoms with Gasteiger partial charge < -0.3 is 50.5 Å². The van der Waals surface area contributed by atoms with Crippen LogP contribution < -0.4 is 5.32 Å². The molecule has 8 N–H and O–H groups in total. The van der Waals surface area contributed by atoms with Crippen molar-refractivity contribution in [3.63, 3.8) is 0 Å². The molecule has 1 amide bonds. The zero-order valence-corrected chi connectivity index (χ0v) is 30.4. The molecule has 1 fully saturated rings. The topological polar surface area (TPSA) is 189 Å². The average Bonchev–Trinajstić information content (AvgIpc) is 3.10. The van der Waals surface area contributed by atoms with Crippen molar-refractivity contribution in [2.45, 2.75) is 197 Å². The number of nitrogens with one attached hydrogen (secondary N) is 1. The van der Waals surface area contributed by atoms with E-state index >= 15 is 0 Å². The van der Waals surface area contributed by atoms with Crippen molar-refractivity contribution in [1.82, 2.24) is 5.32 Å². The number of hydrogen-bond acceptors (Lipinski definition) is 10. The summed E-state index contributed by atoms with van der Waals surface area (Å²) in [6.45, 7) is 3.31. The zero-order chi connectivity index (χ0) is 36.3. The highest BCUT2D eigenvalue weighted by Gasteiger charge is 2.44. The van der Waals surface area contributed by atoms with E-state index in [-0.39, 0.29) is 12.8 Å². The molecule has 0 aromatic heterocycles. The van der Waals surface area contributed by atoms with Crippen LogP contribution in [0, 0.1) is 0 Å². The molecule has 288 valence electrons. The Morgan fingerprint density at radius 2 is 1.22 bits per heavy atom. The average molecular weight is 702 g/mol. The van der Waals surface area contributed by atoms with Crippen LogP contribution in [0.3, 0.4) is 0 Å². The summed E-state index contributed by atoms with van der Waals surface area (Å²) < 4.78 is 11.0. The van der Waals surface area contributed by atoms with E-state index < -0.39 is 74.2 Å². The Morgan fingerprint density at radius 3 is 1.82 bits per heavy atom. The summed E-state index contributed by atoms with van der Waals surface area (Å²) in [5, 5.41) is 75.0. The minimum absolute atomic E-state index is 0.238. The maximum absolute atomic E-state index is 12.9. The van der Waals surface area contributed by atoms with Crippen LogP contribution in [0.5, 0.6) is 0 Å². The Hall–Kier alpha value is -1.41. The molecule has 1 saturated heterocycles. The fraction of sp³-hybridized carbons (Fsp3) is 0.868. The van der Waals surface area contributed by atoms with Gasteiger partial charge in [0.25, 0.3) is 0 Å². The minimum Gasteiger partial charge on any atom is -0.394 e. The Kier molecular flexibility index (Phi) is 27.2. The van der Waals surface area contributed by atoms with Crippen LogP contribution in [0.2, 0.25) is 0 Å². The van der Waals surface area contributed by atoms with Crippen LogP contribution in [0.25, 0.3) is 0 Å². The molecular formula is C38H71NO10. The molecule has 49 heavy (non-hydrogen) atoms. The van der Waals surface area contributed by atoms with Gasteiger partial charge in [0.05, 0.1) is 25.4 Å². The molecule has 9 unspecified atom stereocenters.